The van der Waals surface area contributed by atoms with E-state index in [2.05, 4.69) is 38.3 Å². The fraction of sp³-hybridized carbons (Fsp3) is 0.562. The number of hydrogen-bond donors (Lipinski definition) is 0. The number of morpholine rings is 1. The molecule has 0 spiro atoms. The first-order chi connectivity index (χ1) is 10.6. The maximum absolute atomic E-state index is 5.86. The largest absolute Gasteiger partial charge is 0.369 e. The maximum Gasteiger partial charge on any atom is 0.123 e. The number of hydrogen-bond acceptors (Lipinski definition) is 5. The molecule has 6 heteroatoms. The van der Waals surface area contributed by atoms with Crippen molar-refractivity contribution in [1.29, 1.82) is 0 Å². The average molecular weight is 301 g/mol. The Bertz CT molecular complexity index is 607. The highest BCUT2D eigenvalue weighted by Gasteiger charge is 2.24. The first kappa shape index (κ1) is 15.1. The van der Waals surface area contributed by atoms with Crippen LogP contribution in [0, 0.1) is 6.92 Å². The predicted octanol–water partition coefficient (Wildman–Crippen LogP) is 2.14. The number of aromatic nitrogens is 4. The summed E-state index contributed by atoms with van der Waals surface area (Å²) in [6.07, 6.45) is 7.52. The molecule has 0 unspecified atom stereocenters. The standard InChI is InChI=1S/C16H23N5O/c1-12(2)21-5-4-17-16(21)11-20-6-7-22-15(10-20)14-9-18-13(3)8-19-14/h4-5,8-9,12,15H,6-7,10-11H2,1-3H3/t15-/m1/s1. The quantitative estimate of drug-likeness (QED) is 0.866. The minimum absolute atomic E-state index is 0.00990. The molecule has 2 aromatic rings. The van der Waals surface area contributed by atoms with Crippen molar-refractivity contribution in [1.82, 2.24) is 24.4 Å². The van der Waals surface area contributed by atoms with E-state index in [4.69, 9.17) is 4.74 Å². The maximum atomic E-state index is 5.86. The molecule has 0 bridgehead atoms. The van der Waals surface area contributed by atoms with Crippen molar-refractivity contribution < 1.29 is 4.74 Å². The van der Waals surface area contributed by atoms with Crippen LogP contribution < -0.4 is 0 Å². The zero-order valence-corrected chi connectivity index (χ0v) is 13.4. The summed E-state index contributed by atoms with van der Waals surface area (Å²) < 4.78 is 8.08. The molecule has 0 N–H and O–H groups in total. The van der Waals surface area contributed by atoms with Gasteiger partial charge >= 0.3 is 0 Å². The molecule has 118 valence electrons. The van der Waals surface area contributed by atoms with Crippen LogP contribution in [0.5, 0.6) is 0 Å². The van der Waals surface area contributed by atoms with Gasteiger partial charge in [-0.3, -0.25) is 14.9 Å². The van der Waals surface area contributed by atoms with E-state index in [1.165, 1.54) is 0 Å². The van der Waals surface area contributed by atoms with E-state index in [0.29, 0.717) is 12.6 Å². The lowest BCUT2D eigenvalue weighted by Gasteiger charge is -2.32. The third-order valence-electron chi connectivity index (χ3n) is 3.95. The molecule has 2 aromatic heterocycles. The second-order valence-corrected chi connectivity index (χ2v) is 6.02. The van der Waals surface area contributed by atoms with Crippen molar-refractivity contribution in [2.24, 2.45) is 0 Å². The van der Waals surface area contributed by atoms with E-state index < -0.39 is 0 Å². The number of ether oxygens (including phenoxy) is 1. The minimum atomic E-state index is -0.00990. The molecular formula is C16H23N5O. The third kappa shape index (κ3) is 3.34. The van der Waals surface area contributed by atoms with Crippen molar-refractivity contribution >= 4 is 0 Å². The Morgan fingerprint density at radius 1 is 1.27 bits per heavy atom. The number of rotatable bonds is 4. The number of aryl methyl sites for hydroxylation is 1. The first-order valence-corrected chi connectivity index (χ1v) is 7.77. The molecule has 1 atom stereocenters. The van der Waals surface area contributed by atoms with E-state index in [9.17, 15) is 0 Å². The Hall–Kier alpha value is -1.79. The van der Waals surface area contributed by atoms with Gasteiger partial charge in [0.25, 0.3) is 0 Å². The molecule has 0 aromatic carbocycles. The van der Waals surface area contributed by atoms with Gasteiger partial charge in [0.1, 0.15) is 11.9 Å². The Labute approximate surface area is 131 Å². The van der Waals surface area contributed by atoms with Crippen LogP contribution in [0.1, 0.15) is 43.2 Å². The zero-order valence-electron chi connectivity index (χ0n) is 13.4. The molecule has 1 saturated heterocycles. The molecule has 22 heavy (non-hydrogen) atoms. The van der Waals surface area contributed by atoms with Gasteiger partial charge in [-0.2, -0.15) is 0 Å². The van der Waals surface area contributed by atoms with Gasteiger partial charge in [0, 0.05) is 37.7 Å². The van der Waals surface area contributed by atoms with Crippen LogP contribution in [0.25, 0.3) is 0 Å². The molecule has 1 fully saturated rings. The van der Waals surface area contributed by atoms with Gasteiger partial charge < -0.3 is 9.30 Å². The minimum Gasteiger partial charge on any atom is -0.369 e. The molecule has 0 aliphatic carbocycles. The lowest BCUT2D eigenvalue weighted by molar-refractivity contribution is -0.0362. The second kappa shape index (κ2) is 6.54. The smallest absolute Gasteiger partial charge is 0.123 e. The molecule has 0 amide bonds. The summed E-state index contributed by atoms with van der Waals surface area (Å²) in [5.41, 5.74) is 1.83. The monoisotopic (exact) mass is 301 g/mol. The molecule has 0 radical (unpaired) electrons. The normalized spacial score (nSPS) is 19.7. The fourth-order valence-electron chi connectivity index (χ4n) is 2.73. The summed E-state index contributed by atoms with van der Waals surface area (Å²) in [7, 11) is 0. The summed E-state index contributed by atoms with van der Waals surface area (Å²) in [6, 6.07) is 0.428. The van der Waals surface area contributed by atoms with Gasteiger partial charge in [-0.1, -0.05) is 0 Å². The van der Waals surface area contributed by atoms with Crippen LogP contribution >= 0.6 is 0 Å². The van der Waals surface area contributed by atoms with Gasteiger partial charge in [-0.05, 0) is 20.8 Å². The highest BCUT2D eigenvalue weighted by Crippen LogP contribution is 2.21. The van der Waals surface area contributed by atoms with Crippen molar-refractivity contribution in [3.63, 3.8) is 0 Å². The van der Waals surface area contributed by atoms with Crippen LogP contribution in [0.3, 0.4) is 0 Å². The van der Waals surface area contributed by atoms with E-state index in [-0.39, 0.29) is 6.10 Å². The Balaban J connectivity index is 1.68. The zero-order chi connectivity index (χ0) is 15.5. The SMILES string of the molecule is Cc1cnc([C@H]2CN(Cc3nccn3C(C)C)CCO2)cn1. The van der Waals surface area contributed by atoms with Gasteiger partial charge in [0.05, 0.1) is 30.7 Å². The second-order valence-electron chi connectivity index (χ2n) is 6.02. The predicted molar refractivity (Wildman–Crippen MR) is 83.4 cm³/mol. The molecule has 3 rings (SSSR count). The summed E-state index contributed by atoms with van der Waals surface area (Å²) >= 11 is 0. The van der Waals surface area contributed by atoms with Crippen LogP contribution in [0.15, 0.2) is 24.8 Å². The fourth-order valence-corrected chi connectivity index (χ4v) is 2.73. The summed E-state index contributed by atoms with van der Waals surface area (Å²) in [4.78, 5) is 15.6. The summed E-state index contributed by atoms with van der Waals surface area (Å²) in [6.45, 7) is 9.58. The van der Waals surface area contributed by atoms with Gasteiger partial charge in [0.2, 0.25) is 0 Å². The van der Waals surface area contributed by atoms with Crippen molar-refractivity contribution in [3.8, 4) is 0 Å². The van der Waals surface area contributed by atoms with Crippen molar-refractivity contribution in [2.75, 3.05) is 19.7 Å². The molecule has 3 heterocycles. The summed E-state index contributed by atoms with van der Waals surface area (Å²) in [5, 5.41) is 0. The highest BCUT2D eigenvalue weighted by molar-refractivity contribution is 5.06. The third-order valence-corrected chi connectivity index (χ3v) is 3.95. The van der Waals surface area contributed by atoms with Gasteiger partial charge in [0.15, 0.2) is 0 Å². The van der Waals surface area contributed by atoms with Gasteiger partial charge in [-0.25, -0.2) is 4.98 Å². The van der Waals surface area contributed by atoms with Crippen LogP contribution in [-0.2, 0) is 11.3 Å². The average Bonchev–Trinajstić information content (AvgIpc) is 2.96. The van der Waals surface area contributed by atoms with E-state index >= 15 is 0 Å². The van der Waals surface area contributed by atoms with Crippen LogP contribution in [-0.4, -0.2) is 44.1 Å². The van der Waals surface area contributed by atoms with Crippen LogP contribution in [0.2, 0.25) is 0 Å². The molecule has 0 saturated carbocycles. The van der Waals surface area contributed by atoms with E-state index in [1.54, 1.807) is 6.20 Å². The molecular weight excluding hydrogens is 278 g/mol. The van der Waals surface area contributed by atoms with Gasteiger partial charge in [-0.15, -0.1) is 0 Å². The Morgan fingerprint density at radius 2 is 2.14 bits per heavy atom. The number of imidazole rings is 1. The molecule has 1 aliphatic heterocycles. The van der Waals surface area contributed by atoms with E-state index in [1.807, 2.05) is 25.5 Å². The van der Waals surface area contributed by atoms with Crippen molar-refractivity contribution in [2.45, 2.75) is 39.5 Å². The van der Waals surface area contributed by atoms with E-state index in [0.717, 1.165) is 36.8 Å². The molecule has 1 aliphatic rings. The first-order valence-electron chi connectivity index (χ1n) is 7.77. The number of nitrogens with zero attached hydrogens (tertiary/aromatic N) is 5. The Kier molecular flexibility index (Phi) is 4.49. The van der Waals surface area contributed by atoms with Crippen molar-refractivity contribution in [3.05, 3.63) is 42.0 Å². The molecule has 6 nitrogen and oxygen atoms in total. The lowest BCUT2D eigenvalue weighted by Crippen LogP contribution is -2.38. The summed E-state index contributed by atoms with van der Waals surface area (Å²) in [5.74, 6) is 1.10. The highest BCUT2D eigenvalue weighted by atomic mass is 16.5. The lowest BCUT2D eigenvalue weighted by atomic mass is 10.2. The topological polar surface area (TPSA) is 56.1 Å². The van der Waals surface area contributed by atoms with Crippen LogP contribution in [0.4, 0.5) is 0 Å². The Morgan fingerprint density at radius 3 is 2.86 bits per heavy atom.